The Balaban J connectivity index is 2.37. The van der Waals surface area contributed by atoms with E-state index in [1.54, 1.807) is 0 Å². The van der Waals surface area contributed by atoms with Crippen LogP contribution in [0.15, 0.2) is 18.2 Å². The number of fused-ring (bicyclic) bond motifs is 1. The van der Waals surface area contributed by atoms with Crippen LogP contribution in [0.2, 0.25) is 0 Å². The molecule has 0 saturated heterocycles. The van der Waals surface area contributed by atoms with E-state index in [4.69, 9.17) is 4.74 Å². The smallest absolute Gasteiger partial charge is 0.122 e. The van der Waals surface area contributed by atoms with Crippen molar-refractivity contribution in [2.75, 3.05) is 6.61 Å². The van der Waals surface area contributed by atoms with Crippen LogP contribution in [-0.4, -0.2) is 6.61 Å². The van der Waals surface area contributed by atoms with E-state index < -0.39 is 0 Å². The van der Waals surface area contributed by atoms with E-state index in [1.165, 1.54) is 30.4 Å². The van der Waals surface area contributed by atoms with Crippen molar-refractivity contribution in [1.29, 1.82) is 0 Å². The minimum absolute atomic E-state index is 0.309. The summed E-state index contributed by atoms with van der Waals surface area (Å²) in [6.45, 7) is 12.5. The monoisotopic (exact) mass is 274 g/mol. The molecule has 20 heavy (non-hydrogen) atoms. The number of rotatable bonds is 4. The van der Waals surface area contributed by atoms with Crippen LogP contribution in [0.1, 0.15) is 83.3 Å². The molecule has 0 fully saturated rings. The highest BCUT2D eigenvalue weighted by molar-refractivity contribution is 5.43. The summed E-state index contributed by atoms with van der Waals surface area (Å²) in [5, 5.41) is 0. The molecule has 1 heterocycles. The fraction of sp³-hybridized carbons (Fsp3) is 0.684. The lowest BCUT2D eigenvalue weighted by molar-refractivity contribution is 0.203. The van der Waals surface area contributed by atoms with E-state index in [2.05, 4.69) is 52.8 Å². The Morgan fingerprint density at radius 3 is 2.60 bits per heavy atom. The van der Waals surface area contributed by atoms with Gasteiger partial charge in [-0.3, -0.25) is 0 Å². The second-order valence-corrected chi connectivity index (χ2v) is 7.25. The first-order valence-corrected chi connectivity index (χ1v) is 8.24. The predicted octanol–water partition coefficient (Wildman–Crippen LogP) is 5.89. The van der Waals surface area contributed by atoms with Crippen LogP contribution in [-0.2, 0) is 0 Å². The molecule has 0 N–H and O–H groups in total. The summed E-state index contributed by atoms with van der Waals surface area (Å²) < 4.78 is 5.88. The lowest BCUT2D eigenvalue weighted by atomic mass is 9.73. The molecule has 2 rings (SSSR count). The van der Waals surface area contributed by atoms with Gasteiger partial charge in [-0.2, -0.15) is 0 Å². The Kier molecular flexibility index (Phi) is 4.78. The lowest BCUT2D eigenvalue weighted by Gasteiger charge is -2.36. The maximum absolute atomic E-state index is 5.88. The quantitative estimate of drug-likeness (QED) is 0.665. The maximum Gasteiger partial charge on any atom is 0.122 e. The topological polar surface area (TPSA) is 9.23 Å². The van der Waals surface area contributed by atoms with Gasteiger partial charge < -0.3 is 4.74 Å². The van der Waals surface area contributed by atoms with Gasteiger partial charge in [0.15, 0.2) is 0 Å². The molecule has 0 aromatic heterocycles. The van der Waals surface area contributed by atoms with E-state index in [0.29, 0.717) is 17.3 Å². The maximum atomic E-state index is 5.88. The SMILES string of the molecule is CCCC(CC)c1ccc2c(c1)C(C(C)(C)C)CCO2. The van der Waals surface area contributed by atoms with Gasteiger partial charge in [-0.25, -0.2) is 0 Å². The fourth-order valence-corrected chi connectivity index (χ4v) is 3.52. The Bertz CT molecular complexity index is 442. The molecule has 1 aromatic carbocycles. The standard InChI is InChI=1S/C19H30O/c1-6-8-14(7-2)15-9-10-18-16(13-15)17(11-12-20-18)19(3,4)5/h9-10,13-14,17H,6-8,11-12H2,1-5H3. The third-order valence-corrected chi connectivity index (χ3v) is 4.72. The van der Waals surface area contributed by atoms with Crippen LogP contribution < -0.4 is 4.74 Å². The predicted molar refractivity (Wildman–Crippen MR) is 86.7 cm³/mol. The lowest BCUT2D eigenvalue weighted by Crippen LogP contribution is -2.25. The van der Waals surface area contributed by atoms with E-state index in [9.17, 15) is 0 Å². The molecular formula is C19H30O. The van der Waals surface area contributed by atoms with E-state index in [-0.39, 0.29) is 0 Å². The first-order valence-electron chi connectivity index (χ1n) is 8.24. The van der Waals surface area contributed by atoms with Crippen LogP contribution in [0.25, 0.3) is 0 Å². The molecule has 1 nitrogen and oxygen atoms in total. The molecule has 1 heteroatoms. The largest absolute Gasteiger partial charge is 0.493 e. The summed E-state index contributed by atoms with van der Waals surface area (Å²) in [4.78, 5) is 0. The van der Waals surface area contributed by atoms with E-state index >= 15 is 0 Å². The molecule has 0 aliphatic carbocycles. The zero-order valence-electron chi connectivity index (χ0n) is 13.8. The summed E-state index contributed by atoms with van der Waals surface area (Å²) in [6.07, 6.45) is 4.92. The minimum Gasteiger partial charge on any atom is -0.493 e. The summed E-state index contributed by atoms with van der Waals surface area (Å²) in [5.74, 6) is 2.43. The van der Waals surface area contributed by atoms with Crippen LogP contribution in [0.4, 0.5) is 0 Å². The third kappa shape index (κ3) is 3.19. The first-order chi connectivity index (χ1) is 9.47. The third-order valence-electron chi connectivity index (χ3n) is 4.72. The minimum atomic E-state index is 0.309. The Hall–Kier alpha value is -0.980. The molecule has 2 atom stereocenters. The zero-order valence-corrected chi connectivity index (χ0v) is 13.8. The van der Waals surface area contributed by atoms with Crippen LogP contribution in [0, 0.1) is 5.41 Å². The van der Waals surface area contributed by atoms with Gasteiger partial charge in [0.25, 0.3) is 0 Å². The van der Waals surface area contributed by atoms with Gasteiger partial charge in [-0.15, -0.1) is 0 Å². The van der Waals surface area contributed by atoms with Crippen molar-refractivity contribution in [3.8, 4) is 5.75 Å². The van der Waals surface area contributed by atoms with Crippen LogP contribution >= 0.6 is 0 Å². The van der Waals surface area contributed by atoms with Crippen molar-refractivity contribution in [3.05, 3.63) is 29.3 Å². The number of hydrogen-bond acceptors (Lipinski definition) is 1. The Morgan fingerprint density at radius 2 is 2.00 bits per heavy atom. The molecule has 0 saturated carbocycles. The summed E-state index contributed by atoms with van der Waals surface area (Å²) in [6, 6.07) is 6.93. The van der Waals surface area contributed by atoms with Crippen molar-refractivity contribution < 1.29 is 4.74 Å². The van der Waals surface area contributed by atoms with Gasteiger partial charge in [0.1, 0.15) is 5.75 Å². The van der Waals surface area contributed by atoms with Gasteiger partial charge in [0, 0.05) is 0 Å². The molecule has 1 aliphatic heterocycles. The van der Waals surface area contributed by atoms with Crippen LogP contribution in [0.3, 0.4) is 0 Å². The summed E-state index contributed by atoms with van der Waals surface area (Å²) in [5.41, 5.74) is 3.26. The molecule has 0 radical (unpaired) electrons. The summed E-state index contributed by atoms with van der Waals surface area (Å²) in [7, 11) is 0. The van der Waals surface area contributed by atoms with Crippen molar-refractivity contribution in [3.63, 3.8) is 0 Å². The second kappa shape index (κ2) is 6.20. The zero-order chi connectivity index (χ0) is 14.8. The van der Waals surface area contributed by atoms with Crippen molar-refractivity contribution in [1.82, 2.24) is 0 Å². The molecule has 112 valence electrons. The molecule has 0 spiro atoms. The fourth-order valence-electron chi connectivity index (χ4n) is 3.52. The first kappa shape index (κ1) is 15.4. The summed E-state index contributed by atoms with van der Waals surface area (Å²) >= 11 is 0. The molecule has 2 unspecified atom stereocenters. The number of benzene rings is 1. The molecule has 1 aliphatic rings. The van der Waals surface area contributed by atoms with Gasteiger partial charge in [-0.1, -0.05) is 53.2 Å². The van der Waals surface area contributed by atoms with Gasteiger partial charge in [-0.05, 0) is 53.7 Å². The van der Waals surface area contributed by atoms with Crippen molar-refractivity contribution in [2.45, 2.75) is 72.1 Å². The highest BCUT2D eigenvalue weighted by Gasteiger charge is 2.31. The highest BCUT2D eigenvalue weighted by atomic mass is 16.5. The Morgan fingerprint density at radius 1 is 1.25 bits per heavy atom. The average Bonchev–Trinajstić information content (AvgIpc) is 2.42. The molecule has 1 aromatic rings. The van der Waals surface area contributed by atoms with Crippen molar-refractivity contribution >= 4 is 0 Å². The number of ether oxygens (including phenoxy) is 1. The van der Waals surface area contributed by atoms with Crippen molar-refractivity contribution in [2.24, 2.45) is 5.41 Å². The molecular weight excluding hydrogens is 244 g/mol. The van der Waals surface area contributed by atoms with Gasteiger partial charge >= 0.3 is 0 Å². The van der Waals surface area contributed by atoms with Gasteiger partial charge in [0.2, 0.25) is 0 Å². The normalized spacial score (nSPS) is 20.1. The van der Waals surface area contributed by atoms with E-state index in [1.807, 2.05) is 0 Å². The Labute approximate surface area is 124 Å². The van der Waals surface area contributed by atoms with E-state index in [0.717, 1.165) is 18.8 Å². The average molecular weight is 274 g/mol. The van der Waals surface area contributed by atoms with Crippen LogP contribution in [0.5, 0.6) is 5.75 Å². The highest BCUT2D eigenvalue weighted by Crippen LogP contribution is 2.45. The van der Waals surface area contributed by atoms with Gasteiger partial charge in [0.05, 0.1) is 6.61 Å². The number of hydrogen-bond donors (Lipinski definition) is 0. The molecule has 0 bridgehead atoms. The second-order valence-electron chi connectivity index (χ2n) is 7.25. The molecule has 0 amide bonds.